The van der Waals surface area contributed by atoms with Crippen LogP contribution in [0.25, 0.3) is 22.3 Å². The van der Waals surface area contributed by atoms with E-state index < -0.39 is 6.10 Å². The minimum absolute atomic E-state index is 0. The summed E-state index contributed by atoms with van der Waals surface area (Å²) >= 11 is 0. The van der Waals surface area contributed by atoms with Crippen LogP contribution < -0.4 is 10.3 Å². The van der Waals surface area contributed by atoms with Gasteiger partial charge < -0.3 is 14.4 Å². The molecule has 4 aromatic rings. The number of fused-ring (bicyclic) bond motifs is 1. The number of para-hydroxylation sites is 2. The fourth-order valence-corrected chi connectivity index (χ4v) is 4.89. The molecular weight excluding hydrogens is 460 g/mol. The van der Waals surface area contributed by atoms with E-state index in [1.807, 2.05) is 42.5 Å². The van der Waals surface area contributed by atoms with Gasteiger partial charge in [-0.3, -0.25) is 9.69 Å². The zero-order valence-electron chi connectivity index (χ0n) is 20.1. The summed E-state index contributed by atoms with van der Waals surface area (Å²) in [6.07, 6.45) is -0.747. The fourth-order valence-electron chi connectivity index (χ4n) is 4.89. The Bertz CT molecular complexity index is 1360. The Balaban J connectivity index is 0.00000289. The average Bonchev–Trinajstić information content (AvgIpc) is 2.87. The molecule has 1 atom stereocenters. The number of rotatable bonds is 5. The van der Waals surface area contributed by atoms with Crippen molar-refractivity contribution >= 4 is 29.1 Å². The summed E-state index contributed by atoms with van der Waals surface area (Å²) in [5.41, 5.74) is 5.08. The molecule has 1 aliphatic heterocycles. The molecule has 6 heteroatoms. The zero-order chi connectivity index (χ0) is 23.7. The van der Waals surface area contributed by atoms with Gasteiger partial charge in [-0.2, -0.15) is 0 Å². The number of piperazine rings is 1. The molecule has 3 aromatic carbocycles. The number of halogens is 1. The second-order valence-corrected chi connectivity index (χ2v) is 9.07. The van der Waals surface area contributed by atoms with Crippen LogP contribution in [0, 0.1) is 13.8 Å². The molecule has 1 aromatic heterocycles. The predicted octanol–water partition coefficient (Wildman–Crippen LogP) is 5.35. The molecule has 1 fully saturated rings. The van der Waals surface area contributed by atoms with Crippen LogP contribution in [0.3, 0.4) is 0 Å². The van der Waals surface area contributed by atoms with Gasteiger partial charge in [0.25, 0.3) is 0 Å². The first-order chi connectivity index (χ1) is 16.5. The quantitative estimate of drug-likeness (QED) is 0.408. The molecule has 0 saturated carbocycles. The number of β-amino-alcohol motifs (C(OH)–C–C–N with tert-alkyl or cyclic N) is 1. The second-order valence-electron chi connectivity index (χ2n) is 9.07. The van der Waals surface area contributed by atoms with Gasteiger partial charge in [0, 0.05) is 55.1 Å². The van der Waals surface area contributed by atoms with E-state index in [0.29, 0.717) is 34.4 Å². The van der Waals surface area contributed by atoms with Crippen LogP contribution in [-0.4, -0.2) is 42.7 Å². The van der Waals surface area contributed by atoms with Crippen molar-refractivity contribution in [2.45, 2.75) is 20.0 Å². The lowest BCUT2D eigenvalue weighted by atomic mass is 10.0. The predicted molar refractivity (Wildman–Crippen MR) is 145 cm³/mol. The number of aliphatic hydroxyl groups excluding tert-OH is 1. The molecule has 1 N–H and O–H groups in total. The Labute approximate surface area is 212 Å². The van der Waals surface area contributed by atoms with Crippen LogP contribution in [0.15, 0.2) is 82.0 Å². The Morgan fingerprint density at radius 3 is 2.29 bits per heavy atom. The number of aliphatic hydroxyl groups is 1. The maximum Gasteiger partial charge on any atom is 0.196 e. The molecule has 182 valence electrons. The van der Waals surface area contributed by atoms with Crippen molar-refractivity contribution in [1.29, 1.82) is 0 Å². The maximum absolute atomic E-state index is 13.1. The highest BCUT2D eigenvalue weighted by Crippen LogP contribution is 2.30. The molecule has 0 radical (unpaired) electrons. The van der Waals surface area contributed by atoms with Gasteiger partial charge in [0.2, 0.25) is 0 Å². The number of aryl methyl sites for hydroxylation is 1. The molecule has 5 nitrogen and oxygen atoms in total. The van der Waals surface area contributed by atoms with Crippen molar-refractivity contribution in [3.05, 3.63) is 99.7 Å². The Morgan fingerprint density at radius 2 is 1.57 bits per heavy atom. The molecule has 0 amide bonds. The molecular formula is C29H31ClN2O3. The van der Waals surface area contributed by atoms with Gasteiger partial charge in [0.05, 0.1) is 11.5 Å². The van der Waals surface area contributed by atoms with Crippen LogP contribution in [0.1, 0.15) is 22.8 Å². The van der Waals surface area contributed by atoms with Crippen LogP contribution >= 0.6 is 12.4 Å². The molecule has 35 heavy (non-hydrogen) atoms. The third-order valence-electron chi connectivity index (χ3n) is 6.83. The monoisotopic (exact) mass is 490 g/mol. The standard InChI is InChI=1S/C29H30N2O3.ClH/c1-20-9-6-7-14-25(20)31-17-15-30(16-18-31)19-26(32)23-12-8-13-24-27(33)21(2)28(34-29(23)24)22-10-4-3-5-11-22;/h3-14,26,32H,15-19H2,1-2H3;1H. The molecule has 1 aliphatic rings. The molecule has 1 saturated heterocycles. The summed E-state index contributed by atoms with van der Waals surface area (Å²) in [5.74, 6) is 0.560. The number of nitrogens with zero attached hydrogens (tertiary/aromatic N) is 2. The molecule has 0 spiro atoms. The highest BCUT2D eigenvalue weighted by atomic mass is 35.5. The van der Waals surface area contributed by atoms with E-state index in [1.54, 1.807) is 13.0 Å². The number of anilines is 1. The van der Waals surface area contributed by atoms with Crippen LogP contribution in [0.5, 0.6) is 0 Å². The summed E-state index contributed by atoms with van der Waals surface area (Å²) in [6.45, 7) is 8.01. The first-order valence-electron chi connectivity index (χ1n) is 11.9. The summed E-state index contributed by atoms with van der Waals surface area (Å²) in [4.78, 5) is 17.8. The lowest BCUT2D eigenvalue weighted by Crippen LogP contribution is -2.47. The average molecular weight is 491 g/mol. The van der Waals surface area contributed by atoms with E-state index >= 15 is 0 Å². The van der Waals surface area contributed by atoms with Crippen molar-refractivity contribution in [3.63, 3.8) is 0 Å². The van der Waals surface area contributed by atoms with Gasteiger partial charge in [-0.15, -0.1) is 12.4 Å². The minimum Gasteiger partial charge on any atom is -0.455 e. The van der Waals surface area contributed by atoms with Crippen LogP contribution in [0.4, 0.5) is 5.69 Å². The molecule has 2 heterocycles. The summed E-state index contributed by atoms with van der Waals surface area (Å²) in [7, 11) is 0. The van der Waals surface area contributed by atoms with Crippen molar-refractivity contribution in [1.82, 2.24) is 4.90 Å². The SMILES string of the molecule is Cc1ccccc1N1CCN(CC(O)c2cccc3c(=O)c(C)c(-c4ccccc4)oc23)CC1.Cl. The number of hydrogen-bond donors (Lipinski definition) is 1. The van der Waals surface area contributed by atoms with E-state index in [1.165, 1.54) is 11.3 Å². The third-order valence-corrected chi connectivity index (χ3v) is 6.83. The van der Waals surface area contributed by atoms with Gasteiger partial charge in [-0.05, 0) is 31.5 Å². The Morgan fingerprint density at radius 1 is 0.886 bits per heavy atom. The van der Waals surface area contributed by atoms with E-state index in [-0.39, 0.29) is 17.8 Å². The second kappa shape index (κ2) is 10.6. The fraction of sp³-hybridized carbons (Fsp3) is 0.276. The van der Waals surface area contributed by atoms with E-state index in [0.717, 1.165) is 31.7 Å². The van der Waals surface area contributed by atoms with E-state index in [9.17, 15) is 9.90 Å². The minimum atomic E-state index is -0.747. The van der Waals surface area contributed by atoms with Gasteiger partial charge in [-0.1, -0.05) is 60.7 Å². The molecule has 1 unspecified atom stereocenters. The third kappa shape index (κ3) is 4.98. The van der Waals surface area contributed by atoms with E-state index in [4.69, 9.17) is 4.42 Å². The van der Waals surface area contributed by atoms with Gasteiger partial charge in [0.15, 0.2) is 5.43 Å². The smallest absolute Gasteiger partial charge is 0.196 e. The van der Waals surface area contributed by atoms with Crippen LogP contribution in [-0.2, 0) is 0 Å². The lowest BCUT2D eigenvalue weighted by molar-refractivity contribution is 0.110. The normalized spacial score (nSPS) is 15.1. The first kappa shape index (κ1) is 25.0. The number of hydrogen-bond acceptors (Lipinski definition) is 5. The molecule has 5 rings (SSSR count). The first-order valence-corrected chi connectivity index (χ1v) is 11.9. The topological polar surface area (TPSA) is 56.9 Å². The molecule has 0 bridgehead atoms. The highest BCUT2D eigenvalue weighted by molar-refractivity contribution is 5.85. The van der Waals surface area contributed by atoms with Crippen molar-refractivity contribution < 1.29 is 9.52 Å². The highest BCUT2D eigenvalue weighted by Gasteiger charge is 2.23. The van der Waals surface area contributed by atoms with Crippen LogP contribution in [0.2, 0.25) is 0 Å². The Hall–Kier alpha value is -3.12. The largest absolute Gasteiger partial charge is 0.455 e. The lowest BCUT2D eigenvalue weighted by Gasteiger charge is -2.37. The van der Waals surface area contributed by atoms with E-state index in [2.05, 4.69) is 41.0 Å². The van der Waals surface area contributed by atoms with Crippen molar-refractivity contribution in [2.75, 3.05) is 37.6 Å². The van der Waals surface area contributed by atoms with Crippen molar-refractivity contribution in [3.8, 4) is 11.3 Å². The summed E-state index contributed by atoms with van der Waals surface area (Å²) in [5, 5.41) is 11.7. The summed E-state index contributed by atoms with van der Waals surface area (Å²) in [6, 6.07) is 23.6. The maximum atomic E-state index is 13.1. The zero-order valence-corrected chi connectivity index (χ0v) is 20.9. The van der Waals surface area contributed by atoms with Crippen molar-refractivity contribution in [2.24, 2.45) is 0 Å². The number of benzene rings is 3. The van der Waals surface area contributed by atoms with Gasteiger partial charge in [-0.25, -0.2) is 0 Å². The van der Waals surface area contributed by atoms with Gasteiger partial charge in [0.1, 0.15) is 11.3 Å². The molecule has 0 aliphatic carbocycles. The van der Waals surface area contributed by atoms with Gasteiger partial charge >= 0.3 is 0 Å². The Kier molecular flexibility index (Phi) is 7.60. The summed E-state index contributed by atoms with van der Waals surface area (Å²) < 4.78 is 6.30.